The molecular formula is C17H18ClNO2S. The van der Waals surface area contributed by atoms with Gasteiger partial charge in [-0.2, -0.15) is 0 Å². The Morgan fingerprint density at radius 3 is 2.73 bits per heavy atom. The fourth-order valence-electron chi connectivity index (χ4n) is 2.89. The number of aliphatic carboxylic acids is 1. The van der Waals surface area contributed by atoms with Crippen LogP contribution in [0, 0.1) is 0 Å². The number of thiophene rings is 1. The highest BCUT2D eigenvalue weighted by molar-refractivity contribution is 7.15. The number of benzene rings is 1. The molecule has 1 aliphatic rings. The number of nitrogens with zero attached hydrogens (tertiary/aromatic N) is 1. The van der Waals surface area contributed by atoms with Crippen LogP contribution < -0.4 is 0 Å². The Bertz CT molecular complexity index is 653. The summed E-state index contributed by atoms with van der Waals surface area (Å²) in [4.78, 5) is 15.8. The van der Waals surface area contributed by atoms with Crippen LogP contribution in [0.3, 0.4) is 0 Å². The molecule has 1 aromatic carbocycles. The van der Waals surface area contributed by atoms with Crippen LogP contribution in [-0.2, 0) is 11.3 Å². The summed E-state index contributed by atoms with van der Waals surface area (Å²) < 4.78 is 0. The van der Waals surface area contributed by atoms with Crippen molar-refractivity contribution in [1.29, 1.82) is 0 Å². The Hall–Kier alpha value is -1.36. The molecular weight excluding hydrogens is 318 g/mol. The summed E-state index contributed by atoms with van der Waals surface area (Å²) in [6, 6.07) is 11.7. The minimum Gasteiger partial charge on any atom is -0.480 e. The molecule has 2 aromatic rings. The van der Waals surface area contributed by atoms with E-state index in [2.05, 4.69) is 17.0 Å². The van der Waals surface area contributed by atoms with Gasteiger partial charge in [-0.1, -0.05) is 30.2 Å². The summed E-state index contributed by atoms with van der Waals surface area (Å²) in [5.74, 6) is -0.700. The molecule has 0 bridgehead atoms. The number of carboxylic acids is 1. The largest absolute Gasteiger partial charge is 0.480 e. The van der Waals surface area contributed by atoms with Crippen LogP contribution in [0.4, 0.5) is 0 Å². The Kier molecular flexibility index (Phi) is 4.81. The van der Waals surface area contributed by atoms with Gasteiger partial charge in [0.2, 0.25) is 0 Å². The van der Waals surface area contributed by atoms with Crippen LogP contribution in [0.25, 0.3) is 10.4 Å². The van der Waals surface area contributed by atoms with E-state index >= 15 is 0 Å². The van der Waals surface area contributed by atoms with E-state index in [0.717, 1.165) is 42.9 Å². The van der Waals surface area contributed by atoms with Gasteiger partial charge in [0.05, 0.1) is 0 Å². The SMILES string of the molecule is O=C(O)C1CCCCN1Cc1ccc(-c2ccc(Cl)cc2)s1. The molecule has 1 saturated heterocycles. The van der Waals surface area contributed by atoms with Gasteiger partial charge in [0.25, 0.3) is 0 Å². The van der Waals surface area contributed by atoms with Gasteiger partial charge >= 0.3 is 5.97 Å². The molecule has 1 fully saturated rings. The first kappa shape index (κ1) is 15.5. The molecule has 3 nitrogen and oxygen atoms in total. The summed E-state index contributed by atoms with van der Waals surface area (Å²) in [7, 11) is 0. The summed E-state index contributed by atoms with van der Waals surface area (Å²) >= 11 is 7.64. The van der Waals surface area contributed by atoms with Crippen LogP contribution in [0.2, 0.25) is 5.02 Å². The van der Waals surface area contributed by atoms with Crippen molar-refractivity contribution in [1.82, 2.24) is 4.90 Å². The van der Waals surface area contributed by atoms with Crippen LogP contribution in [0.5, 0.6) is 0 Å². The summed E-state index contributed by atoms with van der Waals surface area (Å²) in [5, 5.41) is 10.1. The fourth-order valence-corrected chi connectivity index (χ4v) is 4.06. The fraction of sp³-hybridized carbons (Fsp3) is 0.353. The van der Waals surface area contributed by atoms with Gasteiger partial charge in [0.1, 0.15) is 6.04 Å². The predicted octanol–water partition coefficient (Wildman–Crippen LogP) is 4.51. The molecule has 0 amide bonds. The van der Waals surface area contributed by atoms with Gasteiger partial charge in [-0.15, -0.1) is 11.3 Å². The lowest BCUT2D eigenvalue weighted by molar-refractivity contribution is -0.144. The Morgan fingerprint density at radius 2 is 2.00 bits per heavy atom. The van der Waals surface area contributed by atoms with Crippen molar-refractivity contribution in [3.8, 4) is 10.4 Å². The first-order chi connectivity index (χ1) is 10.6. The highest BCUT2D eigenvalue weighted by Gasteiger charge is 2.28. The van der Waals surface area contributed by atoms with E-state index in [1.165, 1.54) is 9.75 Å². The highest BCUT2D eigenvalue weighted by atomic mass is 35.5. The number of halogens is 1. The third-order valence-corrected chi connectivity index (χ3v) is 5.42. The average molecular weight is 336 g/mol. The lowest BCUT2D eigenvalue weighted by atomic mass is 10.0. The smallest absolute Gasteiger partial charge is 0.320 e. The first-order valence-corrected chi connectivity index (χ1v) is 8.64. The van der Waals surface area contributed by atoms with E-state index in [0.29, 0.717) is 0 Å². The number of carbonyl (C=O) groups is 1. The molecule has 116 valence electrons. The topological polar surface area (TPSA) is 40.5 Å². The Balaban J connectivity index is 1.73. The number of rotatable bonds is 4. The maximum absolute atomic E-state index is 11.4. The van der Waals surface area contributed by atoms with Crippen LogP contribution in [0.1, 0.15) is 24.1 Å². The van der Waals surface area contributed by atoms with Gasteiger partial charge < -0.3 is 5.11 Å². The predicted molar refractivity (Wildman–Crippen MR) is 90.4 cm³/mol. The monoisotopic (exact) mass is 335 g/mol. The molecule has 5 heteroatoms. The van der Waals surface area contributed by atoms with Gasteiger partial charge in [0, 0.05) is 21.3 Å². The van der Waals surface area contributed by atoms with Crippen LogP contribution in [-0.4, -0.2) is 28.6 Å². The van der Waals surface area contributed by atoms with Crippen LogP contribution >= 0.6 is 22.9 Å². The molecule has 1 aliphatic heterocycles. The van der Waals surface area contributed by atoms with E-state index < -0.39 is 5.97 Å². The lowest BCUT2D eigenvalue weighted by Gasteiger charge is -2.32. The van der Waals surface area contributed by atoms with Crippen molar-refractivity contribution in [2.45, 2.75) is 31.8 Å². The minimum absolute atomic E-state index is 0.338. The maximum atomic E-state index is 11.4. The normalized spacial score (nSPS) is 19.2. The van der Waals surface area contributed by atoms with Crippen molar-refractivity contribution in [2.24, 2.45) is 0 Å². The Labute approximate surface area is 139 Å². The van der Waals surface area contributed by atoms with E-state index in [-0.39, 0.29) is 6.04 Å². The molecule has 0 aliphatic carbocycles. The maximum Gasteiger partial charge on any atom is 0.320 e. The summed E-state index contributed by atoms with van der Waals surface area (Å²) in [6.07, 6.45) is 2.85. The van der Waals surface area contributed by atoms with Crippen molar-refractivity contribution < 1.29 is 9.90 Å². The zero-order valence-electron chi connectivity index (χ0n) is 12.2. The summed E-state index contributed by atoms with van der Waals surface area (Å²) in [6.45, 7) is 1.58. The van der Waals surface area contributed by atoms with Crippen molar-refractivity contribution in [3.63, 3.8) is 0 Å². The zero-order valence-corrected chi connectivity index (χ0v) is 13.7. The molecule has 1 unspecified atom stereocenters. The average Bonchev–Trinajstić information content (AvgIpc) is 2.97. The molecule has 0 radical (unpaired) electrons. The van der Waals surface area contributed by atoms with Gasteiger partial charge in [-0.3, -0.25) is 9.69 Å². The van der Waals surface area contributed by atoms with Gasteiger partial charge in [-0.05, 0) is 49.2 Å². The molecule has 1 N–H and O–H groups in total. The molecule has 22 heavy (non-hydrogen) atoms. The van der Waals surface area contributed by atoms with E-state index in [9.17, 15) is 9.90 Å². The van der Waals surface area contributed by atoms with E-state index in [1.807, 2.05) is 24.3 Å². The van der Waals surface area contributed by atoms with E-state index in [1.54, 1.807) is 11.3 Å². The van der Waals surface area contributed by atoms with Gasteiger partial charge in [-0.25, -0.2) is 0 Å². The number of hydrogen-bond donors (Lipinski definition) is 1. The van der Waals surface area contributed by atoms with Crippen molar-refractivity contribution in [2.75, 3.05) is 6.54 Å². The van der Waals surface area contributed by atoms with Crippen molar-refractivity contribution in [3.05, 3.63) is 46.3 Å². The van der Waals surface area contributed by atoms with E-state index in [4.69, 9.17) is 11.6 Å². The Morgan fingerprint density at radius 1 is 1.23 bits per heavy atom. The highest BCUT2D eigenvalue weighted by Crippen LogP contribution is 2.31. The van der Waals surface area contributed by atoms with Crippen LogP contribution in [0.15, 0.2) is 36.4 Å². The second-order valence-corrected chi connectivity index (χ2v) is 7.20. The minimum atomic E-state index is -0.700. The number of carboxylic acid groups (broad SMARTS) is 1. The third kappa shape index (κ3) is 3.51. The molecule has 0 spiro atoms. The quantitative estimate of drug-likeness (QED) is 0.893. The molecule has 1 atom stereocenters. The summed E-state index contributed by atoms with van der Waals surface area (Å²) in [5.41, 5.74) is 1.15. The molecule has 3 rings (SSSR count). The number of likely N-dealkylation sites (tertiary alicyclic amines) is 1. The molecule has 2 heterocycles. The first-order valence-electron chi connectivity index (χ1n) is 7.45. The van der Waals surface area contributed by atoms with Crippen molar-refractivity contribution >= 4 is 28.9 Å². The molecule has 1 aromatic heterocycles. The third-order valence-electron chi connectivity index (χ3n) is 4.05. The second-order valence-electron chi connectivity index (χ2n) is 5.59. The van der Waals surface area contributed by atoms with Gasteiger partial charge in [0.15, 0.2) is 0 Å². The number of piperidine rings is 1. The lowest BCUT2D eigenvalue weighted by Crippen LogP contribution is -2.43. The number of hydrogen-bond acceptors (Lipinski definition) is 3. The molecule has 0 saturated carbocycles. The second kappa shape index (κ2) is 6.82. The standard InChI is InChI=1S/C17H18ClNO2S/c18-13-6-4-12(5-7-13)16-9-8-14(22-16)11-19-10-2-1-3-15(19)17(20)21/h4-9,15H,1-3,10-11H2,(H,20,21). The zero-order chi connectivity index (χ0) is 15.5.